The summed E-state index contributed by atoms with van der Waals surface area (Å²) < 4.78 is 45.5. The molecule has 3 aliphatic rings. The number of urea groups is 1. The molecule has 36 heavy (non-hydrogen) atoms. The van der Waals surface area contributed by atoms with Crippen molar-refractivity contribution in [3.63, 3.8) is 0 Å². The van der Waals surface area contributed by atoms with Gasteiger partial charge < -0.3 is 19.5 Å². The van der Waals surface area contributed by atoms with Crippen molar-refractivity contribution in [1.82, 2.24) is 9.97 Å². The number of nitrogens with one attached hydrogen (secondary N) is 1. The molecule has 2 aromatic heterocycles. The highest BCUT2D eigenvalue weighted by Gasteiger charge is 2.43. The van der Waals surface area contributed by atoms with Crippen LogP contribution in [0.2, 0.25) is 0 Å². The van der Waals surface area contributed by atoms with Crippen LogP contribution in [0.1, 0.15) is 19.3 Å². The van der Waals surface area contributed by atoms with Crippen LogP contribution in [-0.4, -0.2) is 54.4 Å². The Labute approximate surface area is 205 Å². The molecule has 11 heteroatoms. The number of nitrogens with zero attached hydrogens (tertiary/aromatic N) is 5. The number of hydrogen-bond donors (Lipinski definition) is 1. The Kier molecular flexibility index (Phi) is 5.50. The van der Waals surface area contributed by atoms with Gasteiger partial charge in [0.2, 0.25) is 0 Å². The summed E-state index contributed by atoms with van der Waals surface area (Å²) in [5, 5.41) is 2.97. The molecule has 2 atom stereocenters. The van der Waals surface area contributed by atoms with Crippen LogP contribution in [0.25, 0.3) is 11.3 Å². The Morgan fingerprint density at radius 2 is 1.97 bits per heavy atom. The van der Waals surface area contributed by atoms with E-state index in [-0.39, 0.29) is 25.0 Å². The molecule has 0 aliphatic carbocycles. The SMILES string of the molecule is O=C(Nc1cccc(-c2cnco2)c1)N1c2nc(N3CCC[C@@H](C(F)(F)F)C3)ccc2N2CC[C@H]1C2. The quantitative estimate of drug-likeness (QED) is 0.539. The molecule has 0 saturated carbocycles. The summed E-state index contributed by atoms with van der Waals surface area (Å²) in [6.45, 7) is 1.87. The number of carbonyl (C=O) groups is 1. The first-order valence-corrected chi connectivity index (χ1v) is 12.0. The number of aromatic nitrogens is 2. The lowest BCUT2D eigenvalue weighted by molar-refractivity contribution is -0.176. The van der Waals surface area contributed by atoms with Gasteiger partial charge in [0.15, 0.2) is 18.0 Å². The monoisotopic (exact) mass is 498 g/mol. The van der Waals surface area contributed by atoms with E-state index in [9.17, 15) is 18.0 Å². The Bertz CT molecular complexity index is 1260. The van der Waals surface area contributed by atoms with Crippen LogP contribution < -0.4 is 20.0 Å². The van der Waals surface area contributed by atoms with Crippen molar-refractivity contribution in [3.8, 4) is 11.3 Å². The minimum atomic E-state index is -4.23. The third kappa shape index (κ3) is 4.12. The van der Waals surface area contributed by atoms with Crippen LogP contribution in [-0.2, 0) is 0 Å². The van der Waals surface area contributed by atoms with E-state index in [1.165, 1.54) is 6.39 Å². The number of rotatable bonds is 3. The van der Waals surface area contributed by atoms with Crippen LogP contribution in [0.5, 0.6) is 0 Å². The lowest BCUT2D eigenvalue weighted by Crippen LogP contribution is -2.48. The summed E-state index contributed by atoms with van der Waals surface area (Å²) in [6.07, 6.45) is 0.0801. The van der Waals surface area contributed by atoms with Gasteiger partial charge in [-0.05, 0) is 43.5 Å². The lowest BCUT2D eigenvalue weighted by Gasteiger charge is -2.38. The standard InChI is InChI=1S/C25H25F3N6O2/c26-25(27,28)17-4-2-9-33(13-17)22-7-6-20-23(31-22)34(19-8-10-32(20)14-19)24(35)30-18-5-1-3-16(11-18)21-12-29-15-36-21/h1,3,5-7,11-12,15,17,19H,2,4,8-10,13-14H2,(H,30,35)/t17-,19+/m1/s1. The van der Waals surface area contributed by atoms with Crippen molar-refractivity contribution in [2.75, 3.05) is 46.2 Å². The lowest BCUT2D eigenvalue weighted by atomic mass is 9.97. The van der Waals surface area contributed by atoms with Crippen molar-refractivity contribution < 1.29 is 22.4 Å². The molecule has 3 aliphatic heterocycles. The summed E-state index contributed by atoms with van der Waals surface area (Å²) in [6, 6.07) is 10.5. The first kappa shape index (κ1) is 22.7. The van der Waals surface area contributed by atoms with Gasteiger partial charge in [-0.25, -0.2) is 14.8 Å². The Morgan fingerprint density at radius 1 is 1.08 bits per heavy atom. The highest BCUT2D eigenvalue weighted by atomic mass is 19.4. The maximum atomic E-state index is 13.5. The topological polar surface area (TPSA) is 77.7 Å². The maximum Gasteiger partial charge on any atom is 0.393 e. The van der Waals surface area contributed by atoms with E-state index in [1.54, 1.807) is 34.2 Å². The Hall–Kier alpha value is -3.76. The molecule has 1 N–H and O–H groups in total. The van der Waals surface area contributed by atoms with Crippen molar-refractivity contribution >= 4 is 29.0 Å². The van der Waals surface area contributed by atoms with Crippen molar-refractivity contribution in [1.29, 1.82) is 0 Å². The molecule has 2 bridgehead atoms. The zero-order valence-corrected chi connectivity index (χ0v) is 19.4. The van der Waals surface area contributed by atoms with Crippen molar-refractivity contribution in [3.05, 3.63) is 49.0 Å². The first-order chi connectivity index (χ1) is 17.4. The molecule has 5 heterocycles. The third-order valence-corrected chi connectivity index (χ3v) is 7.19. The van der Waals surface area contributed by atoms with Gasteiger partial charge in [0, 0.05) is 37.4 Å². The molecule has 2 fully saturated rings. The average molecular weight is 499 g/mol. The van der Waals surface area contributed by atoms with Crippen LogP contribution in [0, 0.1) is 5.92 Å². The number of benzene rings is 1. The van der Waals surface area contributed by atoms with Gasteiger partial charge in [0.25, 0.3) is 0 Å². The fourth-order valence-electron chi connectivity index (χ4n) is 5.38. The molecule has 2 amide bonds. The van der Waals surface area contributed by atoms with E-state index in [2.05, 4.69) is 15.2 Å². The smallest absolute Gasteiger partial charge is 0.393 e. The fraction of sp³-hybridized carbons (Fsp3) is 0.400. The predicted molar refractivity (Wildman–Crippen MR) is 129 cm³/mol. The molecule has 8 nitrogen and oxygen atoms in total. The molecule has 188 valence electrons. The predicted octanol–water partition coefficient (Wildman–Crippen LogP) is 5.15. The van der Waals surface area contributed by atoms with E-state index in [1.807, 2.05) is 18.2 Å². The van der Waals surface area contributed by atoms with Crippen LogP contribution in [0.3, 0.4) is 0 Å². The van der Waals surface area contributed by atoms with Crippen LogP contribution in [0.4, 0.5) is 41.0 Å². The van der Waals surface area contributed by atoms with Gasteiger partial charge in [-0.15, -0.1) is 0 Å². The summed E-state index contributed by atoms with van der Waals surface area (Å²) in [5.41, 5.74) is 2.19. The minimum Gasteiger partial charge on any atom is -0.444 e. The number of amides is 2. The number of fused-ring (bicyclic) bond motifs is 4. The normalized spacial score (nSPS) is 21.5. The highest BCUT2D eigenvalue weighted by molar-refractivity contribution is 6.05. The molecule has 0 spiro atoms. The fourth-order valence-corrected chi connectivity index (χ4v) is 5.38. The molecular weight excluding hydrogens is 473 g/mol. The van der Waals surface area contributed by atoms with Gasteiger partial charge in [-0.2, -0.15) is 13.2 Å². The number of carbonyl (C=O) groups excluding carboxylic acids is 1. The molecule has 0 unspecified atom stereocenters. The Morgan fingerprint density at radius 3 is 2.78 bits per heavy atom. The average Bonchev–Trinajstić information content (AvgIpc) is 3.55. The van der Waals surface area contributed by atoms with E-state index < -0.39 is 12.1 Å². The number of hydrogen-bond acceptors (Lipinski definition) is 6. The highest BCUT2D eigenvalue weighted by Crippen LogP contribution is 2.41. The van der Waals surface area contributed by atoms with Gasteiger partial charge in [0.1, 0.15) is 5.82 Å². The van der Waals surface area contributed by atoms with Crippen molar-refractivity contribution in [2.24, 2.45) is 5.92 Å². The van der Waals surface area contributed by atoms with Gasteiger partial charge in [0.05, 0.1) is 23.8 Å². The summed E-state index contributed by atoms with van der Waals surface area (Å²) >= 11 is 0. The third-order valence-electron chi connectivity index (χ3n) is 7.19. The van der Waals surface area contributed by atoms with Crippen LogP contribution in [0.15, 0.2) is 53.4 Å². The van der Waals surface area contributed by atoms with E-state index in [4.69, 9.17) is 9.40 Å². The molecule has 0 radical (unpaired) electrons. The number of alkyl halides is 3. The Balaban J connectivity index is 1.28. The number of oxazole rings is 1. The molecule has 1 aromatic carbocycles. The van der Waals surface area contributed by atoms with E-state index in [0.29, 0.717) is 42.6 Å². The molecule has 3 aromatic rings. The number of halogens is 3. The zero-order chi connectivity index (χ0) is 24.9. The van der Waals surface area contributed by atoms with Gasteiger partial charge in [-0.1, -0.05) is 12.1 Å². The summed E-state index contributed by atoms with van der Waals surface area (Å²) in [4.78, 5) is 27.8. The van der Waals surface area contributed by atoms with Crippen molar-refractivity contribution in [2.45, 2.75) is 31.5 Å². The second kappa shape index (κ2) is 8.72. The van der Waals surface area contributed by atoms with E-state index >= 15 is 0 Å². The summed E-state index contributed by atoms with van der Waals surface area (Å²) in [5.74, 6) is 0.167. The van der Waals surface area contributed by atoms with Gasteiger partial charge >= 0.3 is 12.2 Å². The number of piperidine rings is 1. The maximum absolute atomic E-state index is 13.5. The second-order valence-corrected chi connectivity index (χ2v) is 9.47. The summed E-state index contributed by atoms with van der Waals surface area (Å²) in [7, 11) is 0. The van der Waals surface area contributed by atoms with E-state index in [0.717, 1.165) is 24.2 Å². The second-order valence-electron chi connectivity index (χ2n) is 9.47. The minimum absolute atomic E-state index is 0.0676. The largest absolute Gasteiger partial charge is 0.444 e. The molecular formula is C25H25F3N6O2. The number of pyridine rings is 1. The molecule has 2 saturated heterocycles. The van der Waals surface area contributed by atoms with Crippen LogP contribution >= 0.6 is 0 Å². The molecule has 6 rings (SSSR count). The number of anilines is 4. The zero-order valence-electron chi connectivity index (χ0n) is 19.4. The van der Waals surface area contributed by atoms with Gasteiger partial charge in [-0.3, -0.25) is 4.90 Å². The first-order valence-electron chi connectivity index (χ1n) is 12.0.